The third kappa shape index (κ3) is 3.36. The molecule has 0 aliphatic rings. The molecule has 1 amide bonds. The minimum absolute atomic E-state index is 0.0282. The number of hydrogen-bond acceptors (Lipinski definition) is 4. The van der Waals surface area contributed by atoms with Gasteiger partial charge in [0.1, 0.15) is 0 Å². The number of carbonyl (C=O) groups excluding carboxylic acids is 1. The average molecular weight is 290 g/mol. The summed E-state index contributed by atoms with van der Waals surface area (Å²) >= 11 is 0. The number of carboxylic acids is 1. The van der Waals surface area contributed by atoms with Crippen LogP contribution in [0.25, 0.3) is 11.0 Å². The predicted octanol–water partition coefficient (Wildman–Crippen LogP) is 1.26. The Labute approximate surface area is 122 Å². The number of hydrogen-bond donors (Lipinski definition) is 2. The Bertz CT molecular complexity index is 693. The first-order chi connectivity index (χ1) is 9.88. The number of aliphatic carboxylic acids is 1. The lowest BCUT2D eigenvalue weighted by atomic mass is 10.1. The van der Waals surface area contributed by atoms with E-state index < -0.39 is 5.97 Å². The lowest BCUT2D eigenvalue weighted by Gasteiger charge is -2.12. The maximum Gasteiger partial charge on any atom is 0.303 e. The van der Waals surface area contributed by atoms with Gasteiger partial charge in [0.05, 0.1) is 11.3 Å². The molecule has 21 heavy (non-hydrogen) atoms. The van der Waals surface area contributed by atoms with E-state index in [0.717, 1.165) is 16.7 Å². The summed E-state index contributed by atoms with van der Waals surface area (Å²) in [7, 11) is 1.80. The van der Waals surface area contributed by atoms with Gasteiger partial charge in [0.2, 0.25) is 0 Å². The lowest BCUT2D eigenvalue weighted by Crippen LogP contribution is -2.33. The lowest BCUT2D eigenvalue weighted by molar-refractivity contribution is -0.137. The number of fused-ring (bicyclic) bond motifs is 1. The molecule has 0 spiro atoms. The van der Waals surface area contributed by atoms with Gasteiger partial charge in [-0.3, -0.25) is 14.3 Å². The second kappa shape index (κ2) is 5.90. The van der Waals surface area contributed by atoms with Crippen molar-refractivity contribution in [2.24, 2.45) is 7.05 Å². The zero-order valence-corrected chi connectivity index (χ0v) is 12.3. The van der Waals surface area contributed by atoms with Crippen LogP contribution >= 0.6 is 0 Å². The van der Waals surface area contributed by atoms with Gasteiger partial charge in [-0.05, 0) is 26.3 Å². The van der Waals surface area contributed by atoms with Crippen LogP contribution in [-0.2, 0) is 11.8 Å². The Morgan fingerprint density at radius 2 is 2.19 bits per heavy atom. The maximum absolute atomic E-state index is 12.1. The van der Waals surface area contributed by atoms with Gasteiger partial charge in [0, 0.05) is 31.1 Å². The SMILES string of the molecule is Cc1nn(C)c2ncc(C(=O)NC(C)CCC(=O)O)cc12. The minimum Gasteiger partial charge on any atom is -0.481 e. The summed E-state index contributed by atoms with van der Waals surface area (Å²) < 4.78 is 1.67. The molecule has 7 nitrogen and oxygen atoms in total. The van der Waals surface area contributed by atoms with Crippen molar-refractivity contribution in [3.05, 3.63) is 23.5 Å². The molecule has 2 aromatic heterocycles. The van der Waals surface area contributed by atoms with Gasteiger partial charge in [-0.1, -0.05) is 0 Å². The summed E-state index contributed by atoms with van der Waals surface area (Å²) in [5.41, 5.74) is 1.98. The van der Waals surface area contributed by atoms with E-state index in [4.69, 9.17) is 5.11 Å². The molecule has 0 aromatic carbocycles. The molecule has 0 radical (unpaired) electrons. The Morgan fingerprint density at radius 3 is 2.86 bits per heavy atom. The van der Waals surface area contributed by atoms with E-state index >= 15 is 0 Å². The molecule has 0 bridgehead atoms. The van der Waals surface area contributed by atoms with Crippen molar-refractivity contribution in [3.63, 3.8) is 0 Å². The summed E-state index contributed by atoms with van der Waals surface area (Å²) in [6.45, 7) is 3.64. The highest BCUT2D eigenvalue weighted by molar-refractivity contribution is 5.97. The number of nitrogens with zero attached hydrogens (tertiary/aromatic N) is 3. The maximum atomic E-state index is 12.1. The minimum atomic E-state index is -0.870. The molecule has 2 heterocycles. The Kier molecular flexibility index (Phi) is 4.21. The van der Waals surface area contributed by atoms with Crippen molar-refractivity contribution in [3.8, 4) is 0 Å². The van der Waals surface area contributed by atoms with Crippen LogP contribution in [0.3, 0.4) is 0 Å². The smallest absolute Gasteiger partial charge is 0.303 e. The van der Waals surface area contributed by atoms with E-state index in [2.05, 4.69) is 15.4 Å². The van der Waals surface area contributed by atoms with Gasteiger partial charge in [-0.2, -0.15) is 5.10 Å². The zero-order chi connectivity index (χ0) is 15.6. The molecule has 0 saturated carbocycles. The van der Waals surface area contributed by atoms with E-state index in [1.54, 1.807) is 24.7 Å². The molecule has 2 rings (SSSR count). The average Bonchev–Trinajstić information content (AvgIpc) is 2.71. The summed E-state index contributed by atoms with van der Waals surface area (Å²) in [6, 6.07) is 1.54. The van der Waals surface area contributed by atoms with Gasteiger partial charge < -0.3 is 10.4 Å². The van der Waals surface area contributed by atoms with Crippen LogP contribution < -0.4 is 5.32 Å². The topological polar surface area (TPSA) is 97.1 Å². The van der Waals surface area contributed by atoms with Crippen LogP contribution in [0.2, 0.25) is 0 Å². The van der Waals surface area contributed by atoms with Crippen LogP contribution in [0.1, 0.15) is 35.8 Å². The van der Waals surface area contributed by atoms with Gasteiger partial charge >= 0.3 is 5.97 Å². The van der Waals surface area contributed by atoms with Crippen LogP contribution in [0, 0.1) is 6.92 Å². The highest BCUT2D eigenvalue weighted by Crippen LogP contribution is 2.16. The molecule has 0 aliphatic heterocycles. The molecule has 0 saturated heterocycles. The van der Waals surface area contributed by atoms with Crippen LogP contribution in [0.4, 0.5) is 0 Å². The molecule has 2 N–H and O–H groups in total. The quantitative estimate of drug-likeness (QED) is 0.864. The number of carbonyl (C=O) groups is 2. The number of amides is 1. The van der Waals surface area contributed by atoms with E-state index in [1.807, 2.05) is 6.92 Å². The number of aryl methyl sites for hydroxylation is 2. The number of nitrogens with one attached hydrogen (secondary N) is 1. The van der Waals surface area contributed by atoms with Crippen molar-refractivity contribution in [2.75, 3.05) is 0 Å². The van der Waals surface area contributed by atoms with E-state index in [0.29, 0.717) is 12.0 Å². The summed E-state index contributed by atoms with van der Waals surface area (Å²) in [5.74, 6) is -1.13. The van der Waals surface area contributed by atoms with Gasteiger partial charge in [-0.25, -0.2) is 4.98 Å². The highest BCUT2D eigenvalue weighted by atomic mass is 16.4. The molecule has 112 valence electrons. The largest absolute Gasteiger partial charge is 0.481 e. The first kappa shape index (κ1) is 15.0. The molecule has 2 aromatic rings. The summed E-state index contributed by atoms with van der Waals surface area (Å²) in [4.78, 5) is 26.9. The number of pyridine rings is 1. The Balaban J connectivity index is 2.12. The van der Waals surface area contributed by atoms with E-state index in [1.165, 1.54) is 6.20 Å². The summed E-state index contributed by atoms with van der Waals surface area (Å²) in [6.07, 6.45) is 1.92. The molecule has 0 fully saturated rings. The molecular formula is C14H18N4O3. The first-order valence-electron chi connectivity index (χ1n) is 6.70. The van der Waals surface area contributed by atoms with Crippen LogP contribution in [0.15, 0.2) is 12.3 Å². The molecule has 1 unspecified atom stereocenters. The standard InChI is InChI=1S/C14H18N4O3/c1-8(4-5-12(19)20)16-14(21)10-6-11-9(2)17-18(3)13(11)15-7-10/h6-8H,4-5H2,1-3H3,(H,16,21)(H,19,20). The second-order valence-electron chi connectivity index (χ2n) is 5.11. The fraction of sp³-hybridized carbons (Fsp3) is 0.429. The molecular weight excluding hydrogens is 272 g/mol. The fourth-order valence-electron chi connectivity index (χ4n) is 2.15. The molecule has 7 heteroatoms. The van der Waals surface area contributed by atoms with Crippen molar-refractivity contribution < 1.29 is 14.7 Å². The van der Waals surface area contributed by atoms with Crippen molar-refractivity contribution in [2.45, 2.75) is 32.7 Å². The van der Waals surface area contributed by atoms with E-state index in [-0.39, 0.29) is 18.4 Å². The highest BCUT2D eigenvalue weighted by Gasteiger charge is 2.14. The third-order valence-corrected chi connectivity index (χ3v) is 3.29. The van der Waals surface area contributed by atoms with Crippen molar-refractivity contribution in [1.82, 2.24) is 20.1 Å². The first-order valence-corrected chi connectivity index (χ1v) is 6.70. The molecule has 0 aliphatic carbocycles. The van der Waals surface area contributed by atoms with Crippen LogP contribution in [-0.4, -0.2) is 37.8 Å². The van der Waals surface area contributed by atoms with Crippen molar-refractivity contribution in [1.29, 1.82) is 0 Å². The zero-order valence-electron chi connectivity index (χ0n) is 12.3. The predicted molar refractivity (Wildman–Crippen MR) is 77.0 cm³/mol. The number of rotatable bonds is 5. The molecule has 1 atom stereocenters. The van der Waals surface area contributed by atoms with Crippen molar-refractivity contribution >= 4 is 22.9 Å². The van der Waals surface area contributed by atoms with Crippen LogP contribution in [0.5, 0.6) is 0 Å². The Hall–Kier alpha value is -2.44. The fourth-order valence-corrected chi connectivity index (χ4v) is 2.15. The number of aromatic nitrogens is 3. The van der Waals surface area contributed by atoms with Gasteiger partial charge in [0.15, 0.2) is 5.65 Å². The summed E-state index contributed by atoms with van der Waals surface area (Å²) in [5, 5.41) is 16.5. The third-order valence-electron chi connectivity index (χ3n) is 3.29. The Morgan fingerprint density at radius 1 is 1.48 bits per heavy atom. The second-order valence-corrected chi connectivity index (χ2v) is 5.11. The van der Waals surface area contributed by atoms with E-state index in [9.17, 15) is 9.59 Å². The monoisotopic (exact) mass is 290 g/mol. The number of carboxylic acid groups (broad SMARTS) is 1. The normalized spacial score (nSPS) is 12.3. The van der Waals surface area contributed by atoms with Gasteiger partial charge in [-0.15, -0.1) is 0 Å². The van der Waals surface area contributed by atoms with Gasteiger partial charge in [0.25, 0.3) is 5.91 Å².